The molecule has 1 saturated carbocycles. The lowest BCUT2D eigenvalue weighted by molar-refractivity contribution is -0.137. The zero-order valence-corrected chi connectivity index (χ0v) is 17.7. The van der Waals surface area contributed by atoms with Gasteiger partial charge in [-0.1, -0.05) is 24.3 Å². The lowest BCUT2D eigenvalue weighted by Gasteiger charge is -2.13. The second-order valence-corrected chi connectivity index (χ2v) is 7.73. The number of ether oxygens (including phenoxy) is 2. The van der Waals surface area contributed by atoms with Gasteiger partial charge in [0.2, 0.25) is 0 Å². The number of fused-ring (bicyclic) bond motifs is 1. The highest BCUT2D eigenvalue weighted by Gasteiger charge is 2.31. The molecule has 5 nitrogen and oxygen atoms in total. The third-order valence-corrected chi connectivity index (χ3v) is 5.34. The number of alkyl halides is 3. The van der Waals surface area contributed by atoms with Gasteiger partial charge in [0.25, 0.3) is 0 Å². The molecule has 168 valence electrons. The summed E-state index contributed by atoms with van der Waals surface area (Å²) in [5, 5.41) is 0. The van der Waals surface area contributed by atoms with Crippen molar-refractivity contribution < 1.29 is 22.6 Å². The topological polar surface area (TPSA) is 49.2 Å². The molecule has 0 N–H and O–H groups in total. The van der Waals surface area contributed by atoms with E-state index >= 15 is 0 Å². The largest absolute Gasteiger partial charge is 0.493 e. The van der Waals surface area contributed by atoms with Crippen molar-refractivity contribution in [2.45, 2.75) is 25.1 Å². The Labute approximate surface area is 188 Å². The van der Waals surface area contributed by atoms with Crippen molar-refractivity contribution in [1.29, 1.82) is 0 Å². The predicted octanol–water partition coefficient (Wildman–Crippen LogP) is 6.16. The summed E-state index contributed by atoms with van der Waals surface area (Å²) < 4.78 is 52.3. The van der Waals surface area contributed by atoms with Gasteiger partial charge in [0, 0.05) is 11.8 Å². The van der Waals surface area contributed by atoms with Crippen LogP contribution in [0.5, 0.6) is 11.5 Å². The van der Waals surface area contributed by atoms with Crippen LogP contribution in [0, 0.1) is 0 Å². The van der Waals surface area contributed by atoms with E-state index < -0.39 is 11.7 Å². The number of methoxy groups -OCH3 is 1. The molecule has 0 amide bonds. The number of hydrogen-bond donors (Lipinski definition) is 0. The highest BCUT2D eigenvalue weighted by atomic mass is 19.4. The van der Waals surface area contributed by atoms with Crippen LogP contribution in [0.1, 0.15) is 29.8 Å². The lowest BCUT2D eigenvalue weighted by atomic mass is 10.1. The molecule has 0 aliphatic heterocycles. The Kier molecular flexibility index (Phi) is 5.28. The Bertz CT molecular complexity index is 1320. The van der Waals surface area contributed by atoms with Gasteiger partial charge in [-0.05, 0) is 55.3 Å². The van der Waals surface area contributed by atoms with Gasteiger partial charge in [-0.15, -0.1) is 0 Å². The summed E-state index contributed by atoms with van der Waals surface area (Å²) in [6, 6.07) is 15.4. The fourth-order valence-corrected chi connectivity index (χ4v) is 3.55. The van der Waals surface area contributed by atoms with Crippen LogP contribution in [-0.4, -0.2) is 27.7 Å². The number of rotatable bonds is 6. The third-order valence-electron chi connectivity index (χ3n) is 5.34. The molecule has 4 aromatic rings. The van der Waals surface area contributed by atoms with Gasteiger partial charge in [0.1, 0.15) is 11.6 Å². The maximum absolute atomic E-state index is 13.0. The van der Waals surface area contributed by atoms with Crippen molar-refractivity contribution in [3.05, 3.63) is 77.7 Å². The molecule has 5 rings (SSSR count). The summed E-state index contributed by atoms with van der Waals surface area (Å²) in [4.78, 5) is 8.73. The number of imidazole rings is 1. The normalized spacial score (nSPS) is 14.2. The Morgan fingerprint density at radius 1 is 1.00 bits per heavy atom. The second kappa shape index (κ2) is 8.27. The fourth-order valence-electron chi connectivity index (χ4n) is 3.55. The Hall–Kier alpha value is -3.81. The SMILES string of the molecule is COc1cccc(C=Cc2nc3ccccc3n2-c2ccc(C(F)(F)F)cn2)c1OC1CC1. The molecule has 0 atom stereocenters. The van der Waals surface area contributed by atoms with Crippen LogP contribution in [0.25, 0.3) is 29.0 Å². The van der Waals surface area contributed by atoms with Crippen LogP contribution < -0.4 is 9.47 Å². The Morgan fingerprint density at radius 3 is 2.52 bits per heavy atom. The van der Waals surface area contributed by atoms with Gasteiger partial charge >= 0.3 is 6.18 Å². The number of benzene rings is 2. The molecule has 1 aliphatic rings. The maximum Gasteiger partial charge on any atom is 0.417 e. The van der Waals surface area contributed by atoms with Crippen molar-refractivity contribution in [3.63, 3.8) is 0 Å². The summed E-state index contributed by atoms with van der Waals surface area (Å²) in [6.07, 6.45) is 2.26. The van der Waals surface area contributed by atoms with Crippen LogP contribution in [-0.2, 0) is 6.18 Å². The quantitative estimate of drug-likeness (QED) is 0.352. The molecule has 2 aromatic heterocycles. The van der Waals surface area contributed by atoms with E-state index in [1.165, 1.54) is 6.07 Å². The van der Waals surface area contributed by atoms with Crippen molar-refractivity contribution >= 4 is 23.2 Å². The number of halogens is 3. The highest BCUT2D eigenvalue weighted by Crippen LogP contribution is 2.37. The lowest BCUT2D eigenvalue weighted by Crippen LogP contribution is -2.07. The molecule has 2 heterocycles. The molecule has 1 fully saturated rings. The first-order valence-electron chi connectivity index (χ1n) is 10.5. The smallest absolute Gasteiger partial charge is 0.417 e. The molecule has 0 radical (unpaired) electrons. The van der Waals surface area contributed by atoms with Crippen molar-refractivity contribution in [2.75, 3.05) is 7.11 Å². The van der Waals surface area contributed by atoms with Crippen molar-refractivity contribution in [3.8, 4) is 17.3 Å². The number of aromatic nitrogens is 3. The number of nitrogens with zero attached hydrogens (tertiary/aromatic N) is 3. The standard InChI is InChI=1S/C25H20F3N3O2/c1-32-21-8-4-5-16(24(21)33-18-11-12-18)9-13-23-30-19-6-2-3-7-20(19)31(23)22-14-10-17(15-29-22)25(26,27)28/h2-10,13-15,18H,11-12H2,1H3. The Balaban J connectivity index is 1.58. The Morgan fingerprint density at radius 2 is 1.82 bits per heavy atom. The first kappa shape index (κ1) is 21.1. The molecule has 2 aromatic carbocycles. The van der Waals surface area contributed by atoms with E-state index in [-0.39, 0.29) is 6.10 Å². The number of para-hydroxylation sites is 3. The summed E-state index contributed by atoms with van der Waals surface area (Å²) in [7, 11) is 1.60. The monoisotopic (exact) mass is 451 g/mol. The van der Waals surface area contributed by atoms with E-state index in [1.807, 2.05) is 48.5 Å². The average Bonchev–Trinajstić information content (AvgIpc) is 3.55. The van der Waals surface area contributed by atoms with E-state index in [9.17, 15) is 13.2 Å². The minimum Gasteiger partial charge on any atom is -0.493 e. The minimum atomic E-state index is -4.45. The zero-order valence-electron chi connectivity index (χ0n) is 17.7. The molecular weight excluding hydrogens is 431 g/mol. The second-order valence-electron chi connectivity index (χ2n) is 7.73. The molecule has 8 heteroatoms. The van der Waals surface area contributed by atoms with Gasteiger partial charge in [0.05, 0.1) is 29.8 Å². The predicted molar refractivity (Wildman–Crippen MR) is 119 cm³/mol. The van der Waals surface area contributed by atoms with Crippen molar-refractivity contribution in [2.24, 2.45) is 0 Å². The number of hydrogen-bond acceptors (Lipinski definition) is 4. The van der Waals surface area contributed by atoms with Crippen LogP contribution in [0.3, 0.4) is 0 Å². The zero-order chi connectivity index (χ0) is 23.0. The molecular formula is C25H20F3N3O2. The molecule has 1 aliphatic carbocycles. The van der Waals surface area contributed by atoms with Crippen LogP contribution in [0.4, 0.5) is 13.2 Å². The van der Waals surface area contributed by atoms with Crippen LogP contribution >= 0.6 is 0 Å². The van der Waals surface area contributed by atoms with E-state index in [2.05, 4.69) is 9.97 Å². The molecule has 33 heavy (non-hydrogen) atoms. The van der Waals surface area contributed by atoms with E-state index in [0.29, 0.717) is 28.7 Å². The van der Waals surface area contributed by atoms with Gasteiger partial charge < -0.3 is 9.47 Å². The maximum atomic E-state index is 13.0. The van der Waals surface area contributed by atoms with Gasteiger partial charge in [-0.25, -0.2) is 9.97 Å². The highest BCUT2D eigenvalue weighted by molar-refractivity contribution is 5.82. The summed E-state index contributed by atoms with van der Waals surface area (Å²) >= 11 is 0. The van der Waals surface area contributed by atoms with Crippen molar-refractivity contribution in [1.82, 2.24) is 14.5 Å². The molecule has 0 saturated heterocycles. The first-order valence-corrected chi connectivity index (χ1v) is 10.5. The van der Waals surface area contributed by atoms with Crippen LogP contribution in [0.2, 0.25) is 0 Å². The minimum absolute atomic E-state index is 0.189. The van der Waals surface area contributed by atoms with E-state index in [4.69, 9.17) is 9.47 Å². The summed E-state index contributed by atoms with van der Waals surface area (Å²) in [6.45, 7) is 0. The fraction of sp³-hybridized carbons (Fsp3) is 0.200. The van der Waals surface area contributed by atoms with Gasteiger partial charge in [-0.2, -0.15) is 13.2 Å². The van der Waals surface area contributed by atoms with E-state index in [0.717, 1.165) is 36.2 Å². The summed E-state index contributed by atoms with van der Waals surface area (Å²) in [5.41, 5.74) is 1.47. The molecule has 0 unspecified atom stereocenters. The molecule has 0 bridgehead atoms. The van der Waals surface area contributed by atoms with Crippen LogP contribution in [0.15, 0.2) is 60.8 Å². The van der Waals surface area contributed by atoms with Gasteiger partial charge in [0.15, 0.2) is 11.5 Å². The summed E-state index contributed by atoms with van der Waals surface area (Å²) in [5.74, 6) is 2.18. The molecule has 0 spiro atoms. The van der Waals surface area contributed by atoms with Gasteiger partial charge in [-0.3, -0.25) is 4.57 Å². The third kappa shape index (κ3) is 4.28. The first-order chi connectivity index (χ1) is 15.9. The number of pyridine rings is 1. The average molecular weight is 451 g/mol. The van der Waals surface area contributed by atoms with E-state index in [1.54, 1.807) is 17.8 Å².